The van der Waals surface area contributed by atoms with E-state index < -0.39 is 5.97 Å². The number of ketones is 1. The van der Waals surface area contributed by atoms with E-state index >= 15 is 0 Å². The Morgan fingerprint density at radius 2 is 1.77 bits per heavy atom. The number of thiophene rings is 1. The van der Waals surface area contributed by atoms with Gasteiger partial charge in [-0.05, 0) is 59.5 Å². The van der Waals surface area contributed by atoms with Gasteiger partial charge in [-0.15, -0.1) is 11.3 Å². The van der Waals surface area contributed by atoms with E-state index in [0.717, 1.165) is 11.3 Å². The fraction of sp³-hybridized carbons (Fsp3) is 0.0476. The lowest BCUT2D eigenvalue weighted by molar-refractivity contribution is 0.0740. The minimum absolute atomic E-state index is 0.135. The van der Waals surface area contributed by atoms with Gasteiger partial charge >= 0.3 is 5.97 Å². The predicted octanol–water partition coefficient (Wildman–Crippen LogP) is 4.87. The fourth-order valence-electron chi connectivity index (χ4n) is 2.25. The molecule has 0 aliphatic rings. The van der Waals surface area contributed by atoms with Crippen LogP contribution in [0.1, 0.15) is 25.6 Å². The highest BCUT2D eigenvalue weighted by molar-refractivity contribution is 7.12. The van der Waals surface area contributed by atoms with Crippen LogP contribution in [0.15, 0.2) is 72.1 Å². The van der Waals surface area contributed by atoms with Crippen molar-refractivity contribution in [3.8, 4) is 11.5 Å². The van der Waals surface area contributed by atoms with Gasteiger partial charge < -0.3 is 9.47 Å². The Morgan fingerprint density at radius 3 is 2.46 bits per heavy atom. The molecule has 130 valence electrons. The zero-order valence-corrected chi connectivity index (χ0v) is 14.9. The topological polar surface area (TPSA) is 52.6 Å². The van der Waals surface area contributed by atoms with Crippen molar-refractivity contribution < 1.29 is 19.1 Å². The molecular formula is C21H16O4S. The predicted molar refractivity (Wildman–Crippen MR) is 102 cm³/mol. The first-order valence-electron chi connectivity index (χ1n) is 7.88. The van der Waals surface area contributed by atoms with Crippen molar-refractivity contribution in [2.24, 2.45) is 0 Å². The Hall–Kier alpha value is -3.18. The lowest BCUT2D eigenvalue weighted by Crippen LogP contribution is -2.06. The number of methoxy groups -OCH3 is 1. The molecule has 0 bridgehead atoms. The highest BCUT2D eigenvalue weighted by Crippen LogP contribution is 2.18. The smallest absolute Gasteiger partial charge is 0.353 e. The Kier molecular flexibility index (Phi) is 5.61. The lowest BCUT2D eigenvalue weighted by atomic mass is 10.1. The second kappa shape index (κ2) is 8.27. The van der Waals surface area contributed by atoms with Crippen LogP contribution in [0, 0.1) is 0 Å². The summed E-state index contributed by atoms with van der Waals surface area (Å²) in [6.07, 6.45) is 3.23. The summed E-state index contributed by atoms with van der Waals surface area (Å²) in [7, 11) is 1.60. The average molecular weight is 364 g/mol. The number of carbonyl (C=O) groups is 2. The van der Waals surface area contributed by atoms with Gasteiger partial charge in [0.05, 0.1) is 7.11 Å². The number of benzene rings is 2. The maximum Gasteiger partial charge on any atom is 0.353 e. The van der Waals surface area contributed by atoms with Crippen molar-refractivity contribution in [1.29, 1.82) is 0 Å². The van der Waals surface area contributed by atoms with Crippen molar-refractivity contribution in [2.75, 3.05) is 7.11 Å². The fourth-order valence-corrected chi connectivity index (χ4v) is 2.85. The number of hydrogen-bond donors (Lipinski definition) is 0. The molecule has 2 aromatic carbocycles. The first-order valence-corrected chi connectivity index (χ1v) is 8.76. The van der Waals surface area contributed by atoms with Gasteiger partial charge in [0.1, 0.15) is 16.4 Å². The summed E-state index contributed by atoms with van der Waals surface area (Å²) < 4.78 is 10.4. The molecule has 3 aromatic rings. The minimum Gasteiger partial charge on any atom is -0.497 e. The van der Waals surface area contributed by atoms with Gasteiger partial charge in [-0.1, -0.05) is 24.3 Å². The quantitative estimate of drug-likeness (QED) is 0.271. The first-order chi connectivity index (χ1) is 12.7. The van der Waals surface area contributed by atoms with Crippen LogP contribution in [-0.2, 0) is 0 Å². The zero-order chi connectivity index (χ0) is 18.4. The number of rotatable bonds is 6. The van der Waals surface area contributed by atoms with Crippen molar-refractivity contribution in [3.63, 3.8) is 0 Å². The molecule has 0 fully saturated rings. The Balaban J connectivity index is 1.65. The monoisotopic (exact) mass is 364 g/mol. The lowest BCUT2D eigenvalue weighted by Gasteiger charge is -2.03. The van der Waals surface area contributed by atoms with E-state index in [0.29, 0.717) is 16.2 Å². The second-order valence-electron chi connectivity index (χ2n) is 5.37. The first kappa shape index (κ1) is 17.6. The standard InChI is InChI=1S/C21H16O4S/c1-24-18-5-2-4-15(14-18)7-12-19(22)16-8-10-17(11-9-16)25-21(23)20-6-3-13-26-20/h2-14H,1H3/b12-7+. The summed E-state index contributed by atoms with van der Waals surface area (Å²) in [5.41, 5.74) is 1.39. The van der Waals surface area contributed by atoms with Gasteiger partial charge in [0.2, 0.25) is 0 Å². The number of allylic oxidation sites excluding steroid dienone is 1. The maximum absolute atomic E-state index is 12.3. The molecule has 1 aromatic heterocycles. The molecule has 0 aliphatic heterocycles. The summed E-state index contributed by atoms with van der Waals surface area (Å²) in [6, 6.07) is 17.4. The number of hydrogen-bond acceptors (Lipinski definition) is 5. The average Bonchev–Trinajstić information content (AvgIpc) is 3.22. The van der Waals surface area contributed by atoms with Gasteiger partial charge in [0.15, 0.2) is 5.78 Å². The van der Waals surface area contributed by atoms with E-state index in [1.165, 1.54) is 17.4 Å². The van der Waals surface area contributed by atoms with Crippen LogP contribution in [0.25, 0.3) is 6.08 Å². The second-order valence-corrected chi connectivity index (χ2v) is 6.31. The van der Waals surface area contributed by atoms with Gasteiger partial charge in [-0.25, -0.2) is 4.79 Å². The summed E-state index contributed by atoms with van der Waals surface area (Å²) in [4.78, 5) is 24.7. The Labute approximate surface area is 155 Å². The number of carbonyl (C=O) groups excluding carboxylic acids is 2. The van der Waals surface area contributed by atoms with Gasteiger partial charge in [-0.3, -0.25) is 4.79 Å². The third kappa shape index (κ3) is 4.46. The molecule has 0 atom stereocenters. The molecule has 0 N–H and O–H groups in total. The van der Waals surface area contributed by atoms with Crippen LogP contribution in [0.3, 0.4) is 0 Å². The summed E-state index contributed by atoms with van der Waals surface area (Å²) in [6.45, 7) is 0. The highest BCUT2D eigenvalue weighted by atomic mass is 32.1. The largest absolute Gasteiger partial charge is 0.497 e. The van der Waals surface area contributed by atoms with Crippen LogP contribution in [-0.4, -0.2) is 18.9 Å². The molecule has 0 aliphatic carbocycles. The van der Waals surface area contributed by atoms with Gasteiger partial charge in [-0.2, -0.15) is 0 Å². The molecule has 0 unspecified atom stereocenters. The molecule has 5 heteroatoms. The normalized spacial score (nSPS) is 10.7. The molecule has 0 saturated heterocycles. The van der Waals surface area contributed by atoms with E-state index in [2.05, 4.69) is 0 Å². The van der Waals surface area contributed by atoms with Crippen LogP contribution in [0.5, 0.6) is 11.5 Å². The molecule has 26 heavy (non-hydrogen) atoms. The van der Waals surface area contributed by atoms with E-state index in [4.69, 9.17) is 9.47 Å². The van der Waals surface area contributed by atoms with E-state index in [1.807, 2.05) is 29.6 Å². The van der Waals surface area contributed by atoms with Gasteiger partial charge in [0, 0.05) is 5.56 Å². The maximum atomic E-state index is 12.3. The molecule has 4 nitrogen and oxygen atoms in total. The highest BCUT2D eigenvalue weighted by Gasteiger charge is 2.10. The molecule has 3 rings (SSSR count). The number of esters is 1. The van der Waals surface area contributed by atoms with Crippen molar-refractivity contribution in [3.05, 3.63) is 88.1 Å². The van der Waals surface area contributed by atoms with Crippen molar-refractivity contribution in [2.45, 2.75) is 0 Å². The Morgan fingerprint density at radius 1 is 0.962 bits per heavy atom. The molecule has 0 radical (unpaired) electrons. The van der Waals surface area contributed by atoms with Crippen LogP contribution in [0.4, 0.5) is 0 Å². The van der Waals surface area contributed by atoms with E-state index in [-0.39, 0.29) is 5.78 Å². The third-order valence-corrected chi connectivity index (χ3v) is 4.44. The summed E-state index contributed by atoms with van der Waals surface area (Å²) in [5.74, 6) is 0.592. The Bertz CT molecular complexity index is 925. The summed E-state index contributed by atoms with van der Waals surface area (Å²) in [5, 5.41) is 1.81. The van der Waals surface area contributed by atoms with E-state index in [9.17, 15) is 9.59 Å². The molecular weight excluding hydrogens is 348 g/mol. The summed E-state index contributed by atoms with van der Waals surface area (Å²) >= 11 is 1.32. The number of ether oxygens (including phenoxy) is 2. The van der Waals surface area contributed by atoms with Crippen LogP contribution < -0.4 is 9.47 Å². The van der Waals surface area contributed by atoms with E-state index in [1.54, 1.807) is 49.6 Å². The minimum atomic E-state index is -0.406. The van der Waals surface area contributed by atoms with Crippen molar-refractivity contribution >= 4 is 29.2 Å². The zero-order valence-electron chi connectivity index (χ0n) is 14.0. The van der Waals surface area contributed by atoms with Crippen LogP contribution >= 0.6 is 11.3 Å². The van der Waals surface area contributed by atoms with Crippen LogP contribution in [0.2, 0.25) is 0 Å². The molecule has 0 amide bonds. The van der Waals surface area contributed by atoms with Crippen molar-refractivity contribution in [1.82, 2.24) is 0 Å². The molecule has 0 spiro atoms. The molecule has 1 heterocycles. The third-order valence-electron chi connectivity index (χ3n) is 3.59. The van der Waals surface area contributed by atoms with Gasteiger partial charge in [0.25, 0.3) is 0 Å². The molecule has 0 saturated carbocycles. The SMILES string of the molecule is COc1cccc(/C=C/C(=O)c2ccc(OC(=O)c3cccs3)cc2)c1.